The molecule has 4 nitrogen and oxygen atoms in total. The zero-order chi connectivity index (χ0) is 19.5. The van der Waals surface area contributed by atoms with Crippen molar-refractivity contribution in [2.45, 2.75) is 37.6 Å². The van der Waals surface area contributed by atoms with E-state index in [1.807, 2.05) is 50.2 Å². The van der Waals surface area contributed by atoms with Gasteiger partial charge in [0.25, 0.3) is 5.91 Å². The molecule has 27 heavy (non-hydrogen) atoms. The summed E-state index contributed by atoms with van der Waals surface area (Å²) in [5.41, 5.74) is 0.567. The molecule has 2 amide bonds. The first-order chi connectivity index (χ1) is 13.1. The van der Waals surface area contributed by atoms with E-state index in [-0.39, 0.29) is 17.7 Å². The Bertz CT molecular complexity index is 707. The van der Waals surface area contributed by atoms with Gasteiger partial charge in [-0.05, 0) is 42.4 Å². The van der Waals surface area contributed by atoms with Crippen LogP contribution in [0, 0.1) is 5.92 Å². The van der Waals surface area contributed by atoms with E-state index in [1.165, 1.54) is 4.90 Å². The summed E-state index contributed by atoms with van der Waals surface area (Å²) < 4.78 is 0. The van der Waals surface area contributed by atoms with Crippen molar-refractivity contribution in [3.05, 3.63) is 66.2 Å². The minimum atomic E-state index is -0.524. The van der Waals surface area contributed by atoms with E-state index >= 15 is 0 Å². The molecule has 2 rings (SSSR count). The molecule has 0 aliphatic heterocycles. The third-order valence-corrected chi connectivity index (χ3v) is 5.55. The fourth-order valence-corrected chi connectivity index (χ4v) is 3.49. The Morgan fingerprint density at radius 1 is 1.00 bits per heavy atom. The van der Waals surface area contributed by atoms with Crippen LogP contribution in [-0.2, 0) is 4.79 Å². The van der Waals surface area contributed by atoms with Crippen LogP contribution in [0.2, 0.25) is 0 Å². The molecule has 144 valence electrons. The third-order valence-electron chi connectivity index (χ3n) is 4.45. The summed E-state index contributed by atoms with van der Waals surface area (Å²) in [5, 5.41) is 5.87. The van der Waals surface area contributed by atoms with Crippen molar-refractivity contribution >= 4 is 23.6 Å². The van der Waals surface area contributed by atoms with Crippen LogP contribution in [0.4, 0.5) is 0 Å². The van der Waals surface area contributed by atoms with E-state index in [1.54, 1.807) is 23.9 Å². The van der Waals surface area contributed by atoms with E-state index in [2.05, 4.69) is 22.8 Å². The average Bonchev–Trinajstić information content (AvgIpc) is 2.72. The maximum atomic E-state index is 12.6. The van der Waals surface area contributed by atoms with Gasteiger partial charge in [0.2, 0.25) is 5.91 Å². The van der Waals surface area contributed by atoms with Gasteiger partial charge >= 0.3 is 0 Å². The van der Waals surface area contributed by atoms with E-state index in [0.29, 0.717) is 12.1 Å². The molecule has 2 atom stereocenters. The van der Waals surface area contributed by atoms with E-state index < -0.39 is 6.04 Å². The summed E-state index contributed by atoms with van der Waals surface area (Å²) in [6.45, 7) is 4.61. The van der Waals surface area contributed by atoms with Crippen molar-refractivity contribution in [2.24, 2.45) is 5.92 Å². The number of benzene rings is 2. The molecule has 0 fully saturated rings. The zero-order valence-electron chi connectivity index (χ0n) is 16.0. The second-order valence-corrected chi connectivity index (χ2v) is 7.68. The van der Waals surface area contributed by atoms with Crippen LogP contribution in [0.5, 0.6) is 0 Å². The Morgan fingerprint density at radius 2 is 1.63 bits per heavy atom. The van der Waals surface area contributed by atoms with E-state index in [0.717, 1.165) is 18.6 Å². The van der Waals surface area contributed by atoms with Crippen molar-refractivity contribution in [1.29, 1.82) is 0 Å². The molecule has 0 aliphatic rings. The average molecular weight is 385 g/mol. The standard InChI is InChI=1S/C22H28N2O2S/c1-3-17(2)20(24-21(25)18-11-6-4-7-12-18)22(26)23-15-10-16-27-19-13-8-5-9-14-19/h4-9,11-14,17,20H,3,10,15-16H2,1-2H3,(H,23,26)(H,24,25). The van der Waals surface area contributed by atoms with Crippen LogP contribution in [0.1, 0.15) is 37.0 Å². The van der Waals surface area contributed by atoms with Gasteiger partial charge in [0, 0.05) is 17.0 Å². The molecule has 0 aromatic heterocycles. The maximum Gasteiger partial charge on any atom is 0.251 e. The molecule has 0 saturated carbocycles. The van der Waals surface area contributed by atoms with Gasteiger partial charge in [-0.25, -0.2) is 0 Å². The Morgan fingerprint density at radius 3 is 2.26 bits per heavy atom. The van der Waals surface area contributed by atoms with Crippen LogP contribution < -0.4 is 10.6 Å². The van der Waals surface area contributed by atoms with Gasteiger partial charge in [-0.3, -0.25) is 9.59 Å². The number of thioether (sulfide) groups is 1. The molecular weight excluding hydrogens is 356 g/mol. The second kappa shape index (κ2) is 11.4. The number of nitrogens with one attached hydrogen (secondary N) is 2. The first-order valence-corrected chi connectivity index (χ1v) is 10.4. The zero-order valence-corrected chi connectivity index (χ0v) is 16.8. The summed E-state index contributed by atoms with van der Waals surface area (Å²) >= 11 is 1.78. The van der Waals surface area contributed by atoms with Crippen molar-refractivity contribution in [3.8, 4) is 0 Å². The lowest BCUT2D eigenvalue weighted by Gasteiger charge is -2.23. The highest BCUT2D eigenvalue weighted by molar-refractivity contribution is 7.99. The molecule has 0 aliphatic carbocycles. The summed E-state index contributed by atoms with van der Waals surface area (Å²) in [4.78, 5) is 26.3. The van der Waals surface area contributed by atoms with Crippen molar-refractivity contribution < 1.29 is 9.59 Å². The first-order valence-electron chi connectivity index (χ1n) is 9.43. The molecule has 2 aromatic carbocycles. The molecular formula is C22H28N2O2S. The quantitative estimate of drug-likeness (QED) is 0.478. The van der Waals surface area contributed by atoms with Crippen molar-refractivity contribution in [1.82, 2.24) is 10.6 Å². The fraction of sp³-hybridized carbons (Fsp3) is 0.364. The molecule has 0 heterocycles. The van der Waals surface area contributed by atoms with Gasteiger partial charge in [0.1, 0.15) is 6.04 Å². The normalized spacial score (nSPS) is 12.8. The second-order valence-electron chi connectivity index (χ2n) is 6.51. The van der Waals surface area contributed by atoms with Crippen LogP contribution in [0.15, 0.2) is 65.6 Å². The Kier molecular flexibility index (Phi) is 8.92. The molecule has 5 heteroatoms. The number of hydrogen-bond acceptors (Lipinski definition) is 3. The maximum absolute atomic E-state index is 12.6. The fourth-order valence-electron chi connectivity index (χ4n) is 2.62. The van der Waals surface area contributed by atoms with Gasteiger partial charge in [-0.1, -0.05) is 56.7 Å². The summed E-state index contributed by atoms with van der Waals surface area (Å²) in [7, 11) is 0. The van der Waals surface area contributed by atoms with Crippen LogP contribution >= 0.6 is 11.8 Å². The molecule has 2 N–H and O–H groups in total. The van der Waals surface area contributed by atoms with Crippen LogP contribution in [0.3, 0.4) is 0 Å². The molecule has 2 unspecified atom stereocenters. The van der Waals surface area contributed by atoms with Gasteiger partial charge in [0.15, 0.2) is 0 Å². The number of amides is 2. The number of hydrogen-bond donors (Lipinski definition) is 2. The lowest BCUT2D eigenvalue weighted by atomic mass is 9.98. The minimum absolute atomic E-state index is 0.0661. The number of rotatable bonds is 10. The highest BCUT2D eigenvalue weighted by atomic mass is 32.2. The van der Waals surface area contributed by atoms with E-state index in [4.69, 9.17) is 0 Å². The summed E-state index contributed by atoms with van der Waals surface area (Å²) in [6.07, 6.45) is 1.70. The molecule has 2 aromatic rings. The third kappa shape index (κ3) is 7.10. The highest BCUT2D eigenvalue weighted by Crippen LogP contribution is 2.17. The lowest BCUT2D eigenvalue weighted by molar-refractivity contribution is -0.124. The Balaban J connectivity index is 1.80. The van der Waals surface area contributed by atoms with E-state index in [9.17, 15) is 9.59 Å². The van der Waals surface area contributed by atoms with Gasteiger partial charge < -0.3 is 10.6 Å². The first kappa shape index (κ1) is 21.0. The predicted octanol–water partition coefficient (Wildman–Crippen LogP) is 4.13. The van der Waals surface area contributed by atoms with Gasteiger partial charge in [-0.15, -0.1) is 11.8 Å². The van der Waals surface area contributed by atoms with Crippen molar-refractivity contribution in [3.63, 3.8) is 0 Å². The van der Waals surface area contributed by atoms with Crippen molar-refractivity contribution in [2.75, 3.05) is 12.3 Å². The predicted molar refractivity (Wildman–Crippen MR) is 112 cm³/mol. The monoisotopic (exact) mass is 384 g/mol. The summed E-state index contributed by atoms with van der Waals surface area (Å²) in [5.74, 6) is 0.680. The highest BCUT2D eigenvalue weighted by Gasteiger charge is 2.25. The Hall–Kier alpha value is -2.27. The topological polar surface area (TPSA) is 58.2 Å². The molecule has 0 spiro atoms. The van der Waals surface area contributed by atoms with Gasteiger partial charge in [-0.2, -0.15) is 0 Å². The SMILES string of the molecule is CCC(C)C(NC(=O)c1ccccc1)C(=O)NCCCSc1ccccc1. The van der Waals surface area contributed by atoms with Crippen LogP contribution in [0.25, 0.3) is 0 Å². The van der Waals surface area contributed by atoms with Gasteiger partial charge in [0.05, 0.1) is 0 Å². The lowest BCUT2D eigenvalue weighted by Crippen LogP contribution is -2.50. The van der Waals surface area contributed by atoms with Crippen LogP contribution in [-0.4, -0.2) is 30.2 Å². The Labute approximate surface area is 166 Å². The number of carbonyl (C=O) groups is 2. The number of carbonyl (C=O) groups excluding carboxylic acids is 2. The smallest absolute Gasteiger partial charge is 0.251 e. The minimum Gasteiger partial charge on any atom is -0.354 e. The molecule has 0 bridgehead atoms. The molecule has 0 saturated heterocycles. The largest absolute Gasteiger partial charge is 0.354 e. The molecule has 0 radical (unpaired) electrons. The summed E-state index contributed by atoms with van der Waals surface area (Å²) in [6, 6.07) is 18.7.